The third-order valence-electron chi connectivity index (χ3n) is 3.84. The SMILES string of the molecule is CON=Cc1ccn(-c2ccc(N3C[C@H](CNC(C)=O)OC3=O)cc2F)n1. The van der Waals surface area contributed by atoms with E-state index in [4.69, 9.17) is 4.74 Å². The third-order valence-corrected chi connectivity index (χ3v) is 3.84. The number of anilines is 1. The topological polar surface area (TPSA) is 98.0 Å². The average molecular weight is 375 g/mol. The normalized spacial score (nSPS) is 16.6. The minimum atomic E-state index is -0.588. The van der Waals surface area contributed by atoms with Crippen LogP contribution in [0.4, 0.5) is 14.9 Å². The highest BCUT2D eigenvalue weighted by Gasteiger charge is 2.32. The number of cyclic esters (lactones) is 1. The summed E-state index contributed by atoms with van der Waals surface area (Å²) in [4.78, 5) is 28.9. The van der Waals surface area contributed by atoms with Crippen molar-refractivity contribution < 1.29 is 23.6 Å². The molecule has 142 valence electrons. The maximum Gasteiger partial charge on any atom is 0.414 e. The van der Waals surface area contributed by atoms with Gasteiger partial charge in [0, 0.05) is 13.1 Å². The van der Waals surface area contributed by atoms with E-state index in [0.29, 0.717) is 11.4 Å². The van der Waals surface area contributed by atoms with Gasteiger partial charge >= 0.3 is 6.09 Å². The van der Waals surface area contributed by atoms with Crippen LogP contribution in [0.2, 0.25) is 0 Å². The van der Waals surface area contributed by atoms with Gasteiger partial charge < -0.3 is 14.9 Å². The molecule has 10 heteroatoms. The van der Waals surface area contributed by atoms with Crippen LogP contribution in [0.15, 0.2) is 35.6 Å². The molecule has 9 nitrogen and oxygen atoms in total. The van der Waals surface area contributed by atoms with Gasteiger partial charge in [0.25, 0.3) is 0 Å². The van der Waals surface area contributed by atoms with Crippen LogP contribution in [0, 0.1) is 5.82 Å². The molecule has 2 heterocycles. The summed E-state index contributed by atoms with van der Waals surface area (Å²) in [6, 6.07) is 6.01. The number of oxime groups is 1. The van der Waals surface area contributed by atoms with E-state index in [-0.39, 0.29) is 24.7 Å². The number of benzene rings is 1. The Balaban J connectivity index is 1.75. The number of nitrogens with zero attached hydrogens (tertiary/aromatic N) is 4. The summed E-state index contributed by atoms with van der Waals surface area (Å²) in [7, 11) is 1.41. The minimum Gasteiger partial charge on any atom is -0.442 e. The van der Waals surface area contributed by atoms with Gasteiger partial charge in [-0.3, -0.25) is 9.69 Å². The second-order valence-corrected chi connectivity index (χ2v) is 5.79. The summed E-state index contributed by atoms with van der Waals surface area (Å²) < 4.78 is 21.1. The molecule has 2 aromatic rings. The average Bonchev–Trinajstić information content (AvgIpc) is 3.24. The summed E-state index contributed by atoms with van der Waals surface area (Å²) in [6.07, 6.45) is 1.91. The monoisotopic (exact) mass is 375 g/mol. The smallest absolute Gasteiger partial charge is 0.414 e. The Morgan fingerprint density at radius 3 is 3.04 bits per heavy atom. The number of amides is 2. The Kier molecular flexibility index (Phi) is 5.34. The van der Waals surface area contributed by atoms with Gasteiger partial charge in [0.1, 0.15) is 24.6 Å². The summed E-state index contributed by atoms with van der Waals surface area (Å²) >= 11 is 0. The molecule has 1 aliphatic rings. The highest BCUT2D eigenvalue weighted by Crippen LogP contribution is 2.25. The zero-order valence-electron chi connectivity index (χ0n) is 14.8. The van der Waals surface area contributed by atoms with Gasteiger partial charge in [-0.25, -0.2) is 13.9 Å². The van der Waals surface area contributed by atoms with E-state index >= 15 is 0 Å². The molecule has 27 heavy (non-hydrogen) atoms. The molecule has 1 N–H and O–H groups in total. The first-order chi connectivity index (χ1) is 13.0. The largest absolute Gasteiger partial charge is 0.442 e. The molecule has 0 saturated carbocycles. The Hall–Kier alpha value is -3.43. The predicted molar refractivity (Wildman–Crippen MR) is 94.4 cm³/mol. The molecule has 2 amide bonds. The number of halogens is 1. The van der Waals surface area contributed by atoms with Crippen LogP contribution in [0.5, 0.6) is 0 Å². The molecule has 1 aromatic carbocycles. The van der Waals surface area contributed by atoms with Crippen molar-refractivity contribution in [1.29, 1.82) is 0 Å². The molecule has 0 unspecified atom stereocenters. The highest BCUT2D eigenvalue weighted by atomic mass is 19.1. The fourth-order valence-corrected chi connectivity index (χ4v) is 2.59. The van der Waals surface area contributed by atoms with Crippen molar-refractivity contribution in [1.82, 2.24) is 15.1 Å². The molecule has 1 aromatic heterocycles. The summed E-state index contributed by atoms with van der Waals surface area (Å²) in [6.45, 7) is 1.80. The lowest BCUT2D eigenvalue weighted by molar-refractivity contribution is -0.119. The maximum absolute atomic E-state index is 14.6. The lowest BCUT2D eigenvalue weighted by Crippen LogP contribution is -2.33. The molecule has 0 bridgehead atoms. The Bertz CT molecular complexity index is 882. The summed E-state index contributed by atoms with van der Waals surface area (Å²) in [5.41, 5.74) is 1.09. The van der Waals surface area contributed by atoms with Gasteiger partial charge in [0.2, 0.25) is 5.91 Å². The van der Waals surface area contributed by atoms with E-state index in [0.717, 1.165) is 0 Å². The van der Waals surface area contributed by atoms with Crippen LogP contribution in [0.1, 0.15) is 12.6 Å². The van der Waals surface area contributed by atoms with E-state index in [9.17, 15) is 14.0 Å². The minimum absolute atomic E-state index is 0.206. The molecule has 1 aliphatic heterocycles. The highest BCUT2D eigenvalue weighted by molar-refractivity contribution is 5.90. The van der Waals surface area contributed by atoms with Crippen molar-refractivity contribution in [3.05, 3.63) is 42.0 Å². The first-order valence-corrected chi connectivity index (χ1v) is 8.12. The number of ether oxygens (including phenoxy) is 1. The Labute approximate surface area is 154 Å². The van der Waals surface area contributed by atoms with Crippen LogP contribution < -0.4 is 10.2 Å². The Morgan fingerprint density at radius 2 is 2.33 bits per heavy atom. The van der Waals surface area contributed by atoms with Gasteiger partial charge in [-0.15, -0.1) is 0 Å². The third kappa shape index (κ3) is 4.22. The number of rotatable bonds is 6. The van der Waals surface area contributed by atoms with E-state index in [1.165, 1.54) is 42.0 Å². The quantitative estimate of drug-likeness (QED) is 0.609. The van der Waals surface area contributed by atoms with Crippen molar-refractivity contribution in [2.24, 2.45) is 5.16 Å². The molecule has 1 saturated heterocycles. The maximum atomic E-state index is 14.6. The molecule has 1 fully saturated rings. The van der Waals surface area contributed by atoms with E-state index < -0.39 is 18.0 Å². The van der Waals surface area contributed by atoms with Gasteiger partial charge in [-0.2, -0.15) is 5.10 Å². The second kappa shape index (κ2) is 7.85. The van der Waals surface area contributed by atoms with Gasteiger partial charge in [-0.05, 0) is 24.3 Å². The summed E-state index contributed by atoms with van der Waals surface area (Å²) in [5, 5.41) is 10.4. The fraction of sp³-hybridized carbons (Fsp3) is 0.294. The van der Waals surface area contributed by atoms with Crippen molar-refractivity contribution in [2.75, 3.05) is 25.1 Å². The lowest BCUT2D eigenvalue weighted by atomic mass is 10.2. The van der Waals surface area contributed by atoms with E-state index in [1.54, 1.807) is 18.3 Å². The Morgan fingerprint density at radius 1 is 1.52 bits per heavy atom. The first kappa shape index (κ1) is 18.4. The van der Waals surface area contributed by atoms with Crippen LogP contribution in [-0.2, 0) is 14.4 Å². The van der Waals surface area contributed by atoms with Crippen LogP contribution >= 0.6 is 0 Å². The number of nitrogens with one attached hydrogen (secondary N) is 1. The number of hydrogen-bond donors (Lipinski definition) is 1. The molecular weight excluding hydrogens is 357 g/mol. The van der Waals surface area contributed by atoms with Gasteiger partial charge in [0.15, 0.2) is 5.82 Å². The van der Waals surface area contributed by atoms with Crippen molar-refractivity contribution in [3.8, 4) is 5.69 Å². The number of hydrogen-bond acceptors (Lipinski definition) is 6. The molecule has 3 rings (SSSR count). The van der Waals surface area contributed by atoms with Crippen LogP contribution in [0.25, 0.3) is 5.69 Å². The van der Waals surface area contributed by atoms with Crippen molar-refractivity contribution >= 4 is 23.9 Å². The van der Waals surface area contributed by atoms with Crippen LogP contribution in [0.3, 0.4) is 0 Å². The summed E-state index contributed by atoms with van der Waals surface area (Å²) in [5.74, 6) is -0.766. The second-order valence-electron chi connectivity index (χ2n) is 5.79. The molecular formula is C17H18FN5O4. The zero-order chi connectivity index (χ0) is 19.4. The first-order valence-electron chi connectivity index (χ1n) is 8.12. The molecule has 0 radical (unpaired) electrons. The standard InChI is InChI=1S/C17H18FN5O4/c1-11(24)19-9-14-10-22(17(25)27-14)13-3-4-16(15(18)7-13)23-6-5-12(21-23)8-20-26-2/h3-8,14H,9-10H2,1-2H3,(H,19,24)/t14-/m0/s1. The number of aromatic nitrogens is 2. The van der Waals surface area contributed by atoms with Crippen molar-refractivity contribution in [3.63, 3.8) is 0 Å². The van der Waals surface area contributed by atoms with Crippen LogP contribution in [-0.4, -0.2) is 54.3 Å². The van der Waals surface area contributed by atoms with Gasteiger partial charge in [0.05, 0.1) is 25.0 Å². The van der Waals surface area contributed by atoms with E-state index in [1.807, 2.05) is 0 Å². The zero-order valence-corrected chi connectivity index (χ0v) is 14.8. The fourth-order valence-electron chi connectivity index (χ4n) is 2.59. The van der Waals surface area contributed by atoms with Crippen molar-refractivity contribution in [2.45, 2.75) is 13.0 Å². The van der Waals surface area contributed by atoms with Gasteiger partial charge in [-0.1, -0.05) is 5.16 Å². The van der Waals surface area contributed by atoms with E-state index in [2.05, 4.69) is 20.4 Å². The number of carbonyl (C=O) groups is 2. The molecule has 1 atom stereocenters. The predicted octanol–water partition coefficient (Wildman–Crippen LogP) is 1.45. The lowest BCUT2D eigenvalue weighted by Gasteiger charge is -2.14. The number of carbonyl (C=O) groups excluding carboxylic acids is 2. The molecule has 0 aliphatic carbocycles. The molecule has 0 spiro atoms.